The van der Waals surface area contributed by atoms with Crippen molar-refractivity contribution < 1.29 is 32.6 Å². The van der Waals surface area contributed by atoms with Crippen molar-refractivity contribution >= 4 is 11.9 Å². The minimum Gasteiger partial charge on any atom is -0.481 e. The van der Waals surface area contributed by atoms with Crippen LogP contribution in [0.15, 0.2) is 24.3 Å². The van der Waals surface area contributed by atoms with Gasteiger partial charge in [-0.3, -0.25) is 9.59 Å². The van der Waals surface area contributed by atoms with E-state index in [1.807, 2.05) is 0 Å². The number of carboxylic acid groups (broad SMARTS) is 1. The van der Waals surface area contributed by atoms with Gasteiger partial charge in [-0.2, -0.15) is 0 Å². The molecule has 0 heterocycles. The number of alkyl halides is 3. The van der Waals surface area contributed by atoms with Crippen LogP contribution in [0.4, 0.5) is 13.2 Å². The average molecular weight is 345 g/mol. The molecule has 5 nitrogen and oxygen atoms in total. The van der Waals surface area contributed by atoms with Crippen molar-refractivity contribution in [1.29, 1.82) is 0 Å². The van der Waals surface area contributed by atoms with Gasteiger partial charge < -0.3 is 15.2 Å². The Kier molecular flexibility index (Phi) is 5.36. The summed E-state index contributed by atoms with van der Waals surface area (Å²) in [6.45, 7) is 1.92. The molecule has 3 atom stereocenters. The number of ether oxygens (including phenoxy) is 1. The Morgan fingerprint density at radius 2 is 2.04 bits per heavy atom. The molecular weight excluding hydrogens is 327 g/mol. The Bertz CT molecular complexity index is 618. The first-order valence-corrected chi connectivity index (χ1v) is 7.51. The van der Waals surface area contributed by atoms with E-state index >= 15 is 0 Å². The number of rotatable bonds is 7. The molecule has 3 unspecified atom stereocenters. The number of carbonyl (C=O) groups is 2. The summed E-state index contributed by atoms with van der Waals surface area (Å²) in [4.78, 5) is 22.6. The number of nitrogens with one attached hydrogen (secondary N) is 1. The lowest BCUT2D eigenvalue weighted by Gasteiger charge is -2.13. The fourth-order valence-corrected chi connectivity index (χ4v) is 2.61. The number of para-hydroxylation sites is 1. The summed E-state index contributed by atoms with van der Waals surface area (Å²) in [6, 6.07) is 5.79. The van der Waals surface area contributed by atoms with E-state index in [0.717, 1.165) is 0 Å². The molecule has 1 aromatic carbocycles. The molecule has 1 aliphatic carbocycles. The highest BCUT2D eigenvalue weighted by molar-refractivity contribution is 5.83. The molecule has 1 saturated carbocycles. The molecule has 1 fully saturated rings. The first kappa shape index (κ1) is 18.1. The van der Waals surface area contributed by atoms with Crippen LogP contribution in [0, 0.1) is 11.8 Å². The second kappa shape index (κ2) is 7.11. The van der Waals surface area contributed by atoms with Gasteiger partial charge in [0.15, 0.2) is 0 Å². The maximum atomic E-state index is 12.4. The summed E-state index contributed by atoms with van der Waals surface area (Å²) in [6.07, 6.45) is -4.40. The summed E-state index contributed by atoms with van der Waals surface area (Å²) in [7, 11) is 0. The van der Waals surface area contributed by atoms with Crippen molar-refractivity contribution in [2.24, 2.45) is 11.8 Å². The third-order valence-electron chi connectivity index (χ3n) is 3.82. The molecule has 0 saturated heterocycles. The lowest BCUT2D eigenvalue weighted by atomic mass is 10.1. The number of halogens is 3. The Hall–Kier alpha value is -2.25. The van der Waals surface area contributed by atoms with Crippen LogP contribution in [0.5, 0.6) is 5.75 Å². The van der Waals surface area contributed by atoms with Gasteiger partial charge in [0.1, 0.15) is 5.75 Å². The van der Waals surface area contributed by atoms with Crippen molar-refractivity contribution in [3.8, 4) is 5.75 Å². The highest BCUT2D eigenvalue weighted by Gasteiger charge is 2.46. The summed E-state index contributed by atoms with van der Waals surface area (Å²) >= 11 is 0. The fraction of sp³-hybridized carbons (Fsp3) is 0.500. The van der Waals surface area contributed by atoms with Gasteiger partial charge in [-0.15, -0.1) is 13.2 Å². The normalized spacial score (nSPS) is 21.0. The van der Waals surface area contributed by atoms with Crippen LogP contribution in [-0.4, -0.2) is 29.9 Å². The van der Waals surface area contributed by atoms with Crippen molar-refractivity contribution in [3.05, 3.63) is 29.8 Å². The molecule has 1 amide bonds. The van der Waals surface area contributed by atoms with E-state index in [-0.39, 0.29) is 36.5 Å². The molecule has 0 aliphatic heterocycles. The van der Waals surface area contributed by atoms with Crippen molar-refractivity contribution in [1.82, 2.24) is 5.32 Å². The van der Waals surface area contributed by atoms with Gasteiger partial charge in [0.2, 0.25) is 5.91 Å². The first-order chi connectivity index (χ1) is 11.2. The van der Waals surface area contributed by atoms with Crippen LogP contribution in [-0.2, 0) is 9.59 Å². The van der Waals surface area contributed by atoms with Crippen LogP contribution >= 0.6 is 0 Å². The van der Waals surface area contributed by atoms with E-state index in [0.29, 0.717) is 12.0 Å². The summed E-state index contributed by atoms with van der Waals surface area (Å²) in [5, 5.41) is 11.3. The number of amides is 1. The van der Waals surface area contributed by atoms with E-state index in [4.69, 9.17) is 5.11 Å². The van der Waals surface area contributed by atoms with Gasteiger partial charge in [0.25, 0.3) is 0 Å². The number of benzene rings is 1. The summed E-state index contributed by atoms with van der Waals surface area (Å²) in [5.41, 5.74) is 0.355. The Balaban J connectivity index is 1.93. The summed E-state index contributed by atoms with van der Waals surface area (Å²) < 4.78 is 41.3. The minimum absolute atomic E-state index is 0.0589. The molecule has 0 spiro atoms. The van der Waals surface area contributed by atoms with E-state index in [1.165, 1.54) is 18.2 Å². The Morgan fingerprint density at radius 3 is 2.67 bits per heavy atom. The standard InChI is InChI=1S/C16H18F3NO4/c1-9(6-14(21)22)8-20-15(23)12-7-11(12)10-4-2-3-5-13(10)24-16(17,18)19/h2-5,9,11-12H,6-8H2,1H3,(H,20,23)(H,21,22). The monoisotopic (exact) mass is 345 g/mol. The third kappa shape index (κ3) is 5.14. The minimum atomic E-state index is -4.78. The van der Waals surface area contributed by atoms with E-state index < -0.39 is 18.2 Å². The van der Waals surface area contributed by atoms with Crippen LogP contribution in [0.3, 0.4) is 0 Å². The second-order valence-electron chi connectivity index (χ2n) is 5.98. The van der Waals surface area contributed by atoms with E-state index in [9.17, 15) is 22.8 Å². The number of hydrogen-bond acceptors (Lipinski definition) is 3. The highest BCUT2D eigenvalue weighted by atomic mass is 19.4. The van der Waals surface area contributed by atoms with Crippen molar-refractivity contribution in [2.45, 2.75) is 32.0 Å². The van der Waals surface area contributed by atoms with Gasteiger partial charge in [-0.25, -0.2) is 0 Å². The summed E-state index contributed by atoms with van der Waals surface area (Å²) in [5.74, 6) is -2.47. The first-order valence-electron chi connectivity index (χ1n) is 7.51. The smallest absolute Gasteiger partial charge is 0.481 e. The Morgan fingerprint density at radius 1 is 1.38 bits per heavy atom. The zero-order chi connectivity index (χ0) is 17.9. The van der Waals surface area contributed by atoms with Crippen LogP contribution in [0.25, 0.3) is 0 Å². The topological polar surface area (TPSA) is 75.6 Å². The fourth-order valence-electron chi connectivity index (χ4n) is 2.61. The molecule has 1 aliphatic rings. The van der Waals surface area contributed by atoms with Crippen LogP contribution < -0.4 is 10.1 Å². The molecule has 24 heavy (non-hydrogen) atoms. The number of aliphatic carboxylic acids is 1. The van der Waals surface area contributed by atoms with E-state index in [1.54, 1.807) is 13.0 Å². The number of carboxylic acids is 1. The molecular formula is C16H18F3NO4. The SMILES string of the molecule is CC(CNC(=O)C1CC1c1ccccc1OC(F)(F)F)CC(=O)O. The predicted octanol–water partition coefficient (Wildman–Crippen LogP) is 2.92. The van der Waals surface area contributed by atoms with Gasteiger partial charge in [-0.1, -0.05) is 25.1 Å². The lowest BCUT2D eigenvalue weighted by Crippen LogP contribution is -2.30. The van der Waals surface area contributed by atoms with E-state index in [2.05, 4.69) is 10.1 Å². The molecule has 132 valence electrons. The van der Waals surface area contributed by atoms with Gasteiger partial charge >= 0.3 is 12.3 Å². The molecule has 0 bridgehead atoms. The van der Waals surface area contributed by atoms with Crippen molar-refractivity contribution in [2.75, 3.05) is 6.54 Å². The maximum Gasteiger partial charge on any atom is 0.573 e. The molecule has 2 N–H and O–H groups in total. The Labute approximate surface area is 136 Å². The highest BCUT2D eigenvalue weighted by Crippen LogP contribution is 2.51. The van der Waals surface area contributed by atoms with Crippen LogP contribution in [0.1, 0.15) is 31.2 Å². The van der Waals surface area contributed by atoms with Crippen LogP contribution in [0.2, 0.25) is 0 Å². The average Bonchev–Trinajstić information content (AvgIpc) is 3.23. The molecule has 2 rings (SSSR count). The van der Waals surface area contributed by atoms with Crippen molar-refractivity contribution in [3.63, 3.8) is 0 Å². The maximum absolute atomic E-state index is 12.4. The largest absolute Gasteiger partial charge is 0.573 e. The molecule has 8 heteroatoms. The van der Waals surface area contributed by atoms with Gasteiger partial charge in [-0.05, 0) is 29.9 Å². The number of carbonyl (C=O) groups excluding carboxylic acids is 1. The lowest BCUT2D eigenvalue weighted by molar-refractivity contribution is -0.274. The zero-order valence-electron chi connectivity index (χ0n) is 13.0. The van der Waals surface area contributed by atoms with Gasteiger partial charge in [0.05, 0.1) is 0 Å². The second-order valence-corrected chi connectivity index (χ2v) is 5.98. The quantitative estimate of drug-likeness (QED) is 0.797. The van der Waals surface area contributed by atoms with Gasteiger partial charge in [0, 0.05) is 18.9 Å². The third-order valence-corrected chi connectivity index (χ3v) is 3.82. The number of hydrogen-bond donors (Lipinski definition) is 2. The molecule has 1 aromatic rings. The molecule has 0 radical (unpaired) electrons. The predicted molar refractivity (Wildman–Crippen MR) is 78.4 cm³/mol. The molecule has 0 aromatic heterocycles. The zero-order valence-corrected chi connectivity index (χ0v) is 13.0.